The maximum Gasteiger partial charge on any atom is 0.232 e. The summed E-state index contributed by atoms with van der Waals surface area (Å²) < 4.78 is 5.02. The summed E-state index contributed by atoms with van der Waals surface area (Å²) in [6.07, 6.45) is 0. The fourth-order valence-corrected chi connectivity index (χ4v) is 1.28. The van der Waals surface area contributed by atoms with E-state index in [1.54, 1.807) is 7.11 Å². The maximum atomic E-state index is 5.98. The first-order valence-electron chi connectivity index (χ1n) is 3.75. The van der Waals surface area contributed by atoms with Crippen molar-refractivity contribution >= 4 is 11.6 Å². The van der Waals surface area contributed by atoms with E-state index in [-0.39, 0.29) is 0 Å². The van der Waals surface area contributed by atoms with E-state index in [1.807, 2.05) is 20.8 Å². The highest BCUT2D eigenvalue weighted by Crippen LogP contribution is 2.28. The van der Waals surface area contributed by atoms with Crippen LogP contribution in [-0.4, -0.2) is 12.1 Å². The van der Waals surface area contributed by atoms with E-state index in [9.17, 15) is 0 Å². The van der Waals surface area contributed by atoms with Crippen LogP contribution in [-0.2, 0) is 0 Å². The minimum absolute atomic E-state index is 0.511. The average molecular weight is 186 g/mol. The molecule has 1 aromatic rings. The van der Waals surface area contributed by atoms with Crippen LogP contribution in [0.15, 0.2) is 0 Å². The van der Waals surface area contributed by atoms with Crippen molar-refractivity contribution in [2.24, 2.45) is 0 Å². The van der Waals surface area contributed by atoms with Crippen molar-refractivity contribution in [2.75, 3.05) is 7.11 Å². The Bertz CT molecular complexity index is 310. The van der Waals surface area contributed by atoms with Crippen molar-refractivity contribution in [3.05, 3.63) is 21.8 Å². The Labute approximate surface area is 77.5 Å². The summed E-state index contributed by atoms with van der Waals surface area (Å²) in [6.45, 7) is 5.92. The second-order valence-corrected chi connectivity index (χ2v) is 3.15. The van der Waals surface area contributed by atoms with Gasteiger partial charge in [-0.3, -0.25) is 0 Å². The van der Waals surface area contributed by atoms with Crippen molar-refractivity contribution in [1.29, 1.82) is 0 Å². The molecule has 1 rings (SSSR count). The molecule has 1 heterocycles. The number of hydrogen-bond acceptors (Lipinski definition) is 2. The molecule has 0 saturated carbocycles. The Balaban J connectivity index is 3.39. The van der Waals surface area contributed by atoms with Crippen LogP contribution < -0.4 is 4.74 Å². The third-order valence-electron chi connectivity index (χ3n) is 2.08. The molecule has 0 bridgehead atoms. The highest BCUT2D eigenvalue weighted by Gasteiger charge is 2.09. The number of halogens is 1. The van der Waals surface area contributed by atoms with Crippen molar-refractivity contribution < 1.29 is 4.74 Å². The van der Waals surface area contributed by atoms with Crippen LogP contribution in [0.25, 0.3) is 0 Å². The van der Waals surface area contributed by atoms with E-state index < -0.39 is 0 Å². The minimum Gasteiger partial charge on any atom is -0.480 e. The first kappa shape index (κ1) is 9.33. The standard InChI is InChI=1S/C9H12ClNO/c1-5-6(2)8(10)9(12-4)11-7(5)3/h1-4H3. The zero-order valence-electron chi connectivity index (χ0n) is 7.73. The molecule has 0 aliphatic rings. The lowest BCUT2D eigenvalue weighted by molar-refractivity contribution is 0.396. The lowest BCUT2D eigenvalue weighted by Gasteiger charge is -2.09. The van der Waals surface area contributed by atoms with E-state index >= 15 is 0 Å². The molecule has 66 valence electrons. The monoisotopic (exact) mass is 185 g/mol. The van der Waals surface area contributed by atoms with Crippen molar-refractivity contribution in [3.8, 4) is 5.88 Å². The molecule has 12 heavy (non-hydrogen) atoms. The minimum atomic E-state index is 0.511. The van der Waals surface area contributed by atoms with E-state index in [4.69, 9.17) is 16.3 Å². The summed E-state index contributed by atoms with van der Waals surface area (Å²) >= 11 is 5.98. The predicted octanol–water partition coefficient (Wildman–Crippen LogP) is 2.67. The number of aryl methyl sites for hydroxylation is 1. The van der Waals surface area contributed by atoms with Crippen molar-refractivity contribution in [2.45, 2.75) is 20.8 Å². The van der Waals surface area contributed by atoms with Crippen LogP contribution in [0.3, 0.4) is 0 Å². The van der Waals surface area contributed by atoms with Gasteiger partial charge in [0, 0.05) is 5.69 Å². The van der Waals surface area contributed by atoms with Gasteiger partial charge in [-0.1, -0.05) is 11.6 Å². The average Bonchev–Trinajstić information content (AvgIpc) is 2.08. The highest BCUT2D eigenvalue weighted by molar-refractivity contribution is 6.32. The quantitative estimate of drug-likeness (QED) is 0.671. The lowest BCUT2D eigenvalue weighted by atomic mass is 10.1. The number of aromatic nitrogens is 1. The van der Waals surface area contributed by atoms with Crippen LogP contribution in [0.5, 0.6) is 5.88 Å². The van der Waals surface area contributed by atoms with E-state index in [1.165, 1.54) is 0 Å². The van der Waals surface area contributed by atoms with Gasteiger partial charge in [0.05, 0.1) is 7.11 Å². The van der Waals surface area contributed by atoms with Crippen LogP contribution in [0.1, 0.15) is 16.8 Å². The molecule has 0 saturated heterocycles. The van der Waals surface area contributed by atoms with E-state index in [0.717, 1.165) is 16.8 Å². The molecule has 0 amide bonds. The molecule has 0 spiro atoms. The predicted molar refractivity (Wildman–Crippen MR) is 50.0 cm³/mol. The lowest BCUT2D eigenvalue weighted by Crippen LogP contribution is -1.97. The topological polar surface area (TPSA) is 22.1 Å². The van der Waals surface area contributed by atoms with E-state index in [2.05, 4.69) is 4.98 Å². The third-order valence-corrected chi connectivity index (χ3v) is 2.53. The van der Waals surface area contributed by atoms with Gasteiger partial charge in [-0.05, 0) is 31.9 Å². The van der Waals surface area contributed by atoms with E-state index in [0.29, 0.717) is 10.9 Å². The summed E-state index contributed by atoms with van der Waals surface area (Å²) in [6, 6.07) is 0. The number of pyridine rings is 1. The summed E-state index contributed by atoms with van der Waals surface area (Å²) in [7, 11) is 1.57. The van der Waals surface area contributed by atoms with Gasteiger partial charge in [0.15, 0.2) is 0 Å². The molecule has 3 heteroatoms. The van der Waals surface area contributed by atoms with Crippen LogP contribution >= 0.6 is 11.6 Å². The van der Waals surface area contributed by atoms with Gasteiger partial charge in [-0.25, -0.2) is 4.98 Å². The van der Waals surface area contributed by atoms with Crippen molar-refractivity contribution in [3.63, 3.8) is 0 Å². The van der Waals surface area contributed by atoms with Gasteiger partial charge in [0.1, 0.15) is 5.02 Å². The SMILES string of the molecule is COc1nc(C)c(C)c(C)c1Cl. The molecular formula is C9H12ClNO. The number of ether oxygens (including phenoxy) is 1. The maximum absolute atomic E-state index is 5.98. The summed E-state index contributed by atoms with van der Waals surface area (Å²) in [5, 5.41) is 0.612. The van der Waals surface area contributed by atoms with Crippen LogP contribution in [0.4, 0.5) is 0 Å². The van der Waals surface area contributed by atoms with Gasteiger partial charge in [-0.2, -0.15) is 0 Å². The number of nitrogens with zero attached hydrogens (tertiary/aromatic N) is 1. The van der Waals surface area contributed by atoms with Gasteiger partial charge < -0.3 is 4.74 Å². The highest BCUT2D eigenvalue weighted by atomic mass is 35.5. The van der Waals surface area contributed by atoms with Gasteiger partial charge in [0.2, 0.25) is 5.88 Å². The van der Waals surface area contributed by atoms with Gasteiger partial charge >= 0.3 is 0 Å². The first-order chi connectivity index (χ1) is 5.57. The number of methoxy groups -OCH3 is 1. The second kappa shape index (κ2) is 3.31. The Kier molecular flexibility index (Phi) is 2.58. The summed E-state index contributed by atoms with van der Waals surface area (Å²) in [4.78, 5) is 4.20. The number of rotatable bonds is 1. The molecule has 0 N–H and O–H groups in total. The van der Waals surface area contributed by atoms with Crippen molar-refractivity contribution in [1.82, 2.24) is 4.98 Å². The molecule has 0 aromatic carbocycles. The smallest absolute Gasteiger partial charge is 0.232 e. The Morgan fingerprint density at radius 2 is 1.75 bits per heavy atom. The Morgan fingerprint density at radius 3 is 2.25 bits per heavy atom. The zero-order valence-corrected chi connectivity index (χ0v) is 8.49. The second-order valence-electron chi connectivity index (χ2n) is 2.77. The van der Waals surface area contributed by atoms with Crippen LogP contribution in [0.2, 0.25) is 5.02 Å². The third kappa shape index (κ3) is 1.39. The summed E-state index contributed by atoms with van der Waals surface area (Å²) in [5.41, 5.74) is 3.13. The molecule has 2 nitrogen and oxygen atoms in total. The summed E-state index contributed by atoms with van der Waals surface area (Å²) in [5.74, 6) is 0.511. The Hall–Kier alpha value is -0.760. The molecule has 0 aliphatic heterocycles. The molecule has 0 fully saturated rings. The Morgan fingerprint density at radius 1 is 1.17 bits per heavy atom. The van der Waals surface area contributed by atoms with Gasteiger partial charge in [-0.15, -0.1) is 0 Å². The number of hydrogen-bond donors (Lipinski definition) is 0. The molecule has 0 aliphatic carbocycles. The fourth-order valence-electron chi connectivity index (χ4n) is 1.02. The molecule has 0 unspecified atom stereocenters. The van der Waals surface area contributed by atoms with Gasteiger partial charge in [0.25, 0.3) is 0 Å². The molecule has 1 aromatic heterocycles. The zero-order chi connectivity index (χ0) is 9.30. The van der Waals surface area contributed by atoms with Crippen LogP contribution in [0, 0.1) is 20.8 Å². The molecular weight excluding hydrogens is 174 g/mol. The first-order valence-corrected chi connectivity index (χ1v) is 4.13. The normalized spacial score (nSPS) is 10.1. The largest absolute Gasteiger partial charge is 0.480 e. The fraction of sp³-hybridized carbons (Fsp3) is 0.444. The molecule has 0 atom stereocenters. The molecule has 0 radical (unpaired) electrons.